The summed E-state index contributed by atoms with van der Waals surface area (Å²) in [6.45, 7) is 2.14. The molecule has 2 saturated carbocycles. The topological polar surface area (TPSA) is 87.1 Å². The molecule has 0 saturated heterocycles. The molecule has 1 heterocycles. The first-order valence-electron chi connectivity index (χ1n) is 10.4. The number of halogens is 2. The third-order valence-corrected chi connectivity index (χ3v) is 7.41. The van der Waals surface area contributed by atoms with Crippen molar-refractivity contribution in [2.24, 2.45) is 11.8 Å². The number of thiophene rings is 1. The lowest BCUT2D eigenvalue weighted by molar-refractivity contribution is -0.124. The highest BCUT2D eigenvalue weighted by molar-refractivity contribution is 7.24. The molecule has 0 aromatic carbocycles. The Morgan fingerprint density at radius 2 is 1.77 bits per heavy atom. The van der Waals surface area contributed by atoms with Crippen molar-refractivity contribution in [3.05, 3.63) is 10.9 Å². The smallest absolute Gasteiger partial charge is 0.465 e. The van der Waals surface area contributed by atoms with Crippen molar-refractivity contribution in [2.45, 2.75) is 70.3 Å². The second-order valence-corrected chi connectivity index (χ2v) is 9.56. The van der Waals surface area contributed by atoms with Gasteiger partial charge >= 0.3 is 13.1 Å². The van der Waals surface area contributed by atoms with E-state index in [1.165, 1.54) is 18.1 Å². The Balaban J connectivity index is 1.99. The van der Waals surface area contributed by atoms with E-state index in [2.05, 4.69) is 6.92 Å². The van der Waals surface area contributed by atoms with Crippen molar-refractivity contribution in [2.75, 3.05) is 12.0 Å². The average molecular weight is 443 g/mol. The van der Waals surface area contributed by atoms with Crippen LogP contribution in [-0.4, -0.2) is 48.1 Å². The maximum absolute atomic E-state index is 13.8. The van der Waals surface area contributed by atoms with E-state index in [1.54, 1.807) is 0 Å². The summed E-state index contributed by atoms with van der Waals surface area (Å²) in [5.41, 5.74) is 0.230. The second-order valence-electron chi connectivity index (χ2n) is 8.48. The number of hydrogen-bond acceptors (Lipinski definition) is 6. The summed E-state index contributed by atoms with van der Waals surface area (Å²) in [6.07, 6.45) is 2.86. The third-order valence-electron chi connectivity index (χ3n) is 6.27. The lowest BCUT2D eigenvalue weighted by Crippen LogP contribution is -2.48. The van der Waals surface area contributed by atoms with E-state index in [4.69, 9.17) is 4.74 Å². The number of methoxy groups -OCH3 is 1. The molecule has 2 aliphatic carbocycles. The summed E-state index contributed by atoms with van der Waals surface area (Å²) >= 11 is 0.840. The number of hydrogen-bond donors (Lipinski definition) is 2. The monoisotopic (exact) mass is 443 g/mol. The Hall–Kier alpha value is -1.52. The average Bonchev–Trinajstić information content (AvgIpc) is 3.14. The first-order valence-corrected chi connectivity index (χ1v) is 11.2. The molecule has 30 heavy (non-hydrogen) atoms. The molecule has 1 amide bonds. The van der Waals surface area contributed by atoms with Crippen molar-refractivity contribution >= 4 is 40.8 Å². The molecule has 2 N–H and O–H groups in total. The summed E-state index contributed by atoms with van der Waals surface area (Å²) in [6, 6.07) is 0.927. The van der Waals surface area contributed by atoms with Gasteiger partial charge in [-0.15, -0.1) is 11.3 Å². The van der Waals surface area contributed by atoms with Gasteiger partial charge in [0.2, 0.25) is 11.8 Å². The van der Waals surface area contributed by atoms with Gasteiger partial charge < -0.3 is 19.7 Å². The molecule has 2 fully saturated rings. The minimum Gasteiger partial charge on any atom is -0.465 e. The molecule has 0 spiro atoms. The molecular formula is C20H28BF2NO5S. The van der Waals surface area contributed by atoms with Gasteiger partial charge in [-0.3, -0.25) is 4.79 Å². The molecule has 0 unspecified atom stereocenters. The first-order chi connectivity index (χ1) is 14.1. The Morgan fingerprint density at radius 3 is 2.30 bits per heavy atom. The van der Waals surface area contributed by atoms with E-state index < -0.39 is 25.1 Å². The highest BCUT2D eigenvalue weighted by Gasteiger charge is 2.42. The maximum Gasteiger partial charge on any atom is 0.499 e. The van der Waals surface area contributed by atoms with Crippen LogP contribution >= 0.6 is 11.3 Å². The maximum atomic E-state index is 13.8. The lowest BCUT2D eigenvalue weighted by atomic mass is 9.81. The number of esters is 1. The Bertz CT molecular complexity index is 769. The van der Waals surface area contributed by atoms with Crippen LogP contribution in [0, 0.1) is 11.8 Å². The van der Waals surface area contributed by atoms with Crippen LogP contribution in [0.3, 0.4) is 0 Å². The van der Waals surface area contributed by atoms with Gasteiger partial charge in [0.05, 0.1) is 12.8 Å². The lowest BCUT2D eigenvalue weighted by Gasteiger charge is -2.39. The van der Waals surface area contributed by atoms with E-state index >= 15 is 0 Å². The van der Waals surface area contributed by atoms with E-state index in [0.29, 0.717) is 18.8 Å². The summed E-state index contributed by atoms with van der Waals surface area (Å²) in [5, 5.41) is 19.2. The van der Waals surface area contributed by atoms with E-state index in [0.717, 1.165) is 24.2 Å². The van der Waals surface area contributed by atoms with Crippen LogP contribution < -0.4 is 9.68 Å². The van der Waals surface area contributed by atoms with Gasteiger partial charge in [0, 0.05) is 29.6 Å². The minimum absolute atomic E-state index is 0.0791. The van der Waals surface area contributed by atoms with Gasteiger partial charge in [0.25, 0.3) is 0 Å². The number of anilines is 1. The highest BCUT2D eigenvalue weighted by Crippen LogP contribution is 2.40. The van der Waals surface area contributed by atoms with E-state index in [9.17, 15) is 28.4 Å². The summed E-state index contributed by atoms with van der Waals surface area (Å²) in [5.74, 6) is -3.33. The molecule has 1 aromatic rings. The van der Waals surface area contributed by atoms with Gasteiger partial charge in [-0.2, -0.15) is 0 Å². The standard InChI is InChI=1S/C20H28BF2NO5S/c1-12-3-5-13(6-4-12)18(25)24(14-7-9-20(22,23)10-8-14)15-11-16(21(27)28)30-17(15)19(26)29-2/h11-14,27-28H,3-10H2,1-2H3. The number of carbonyl (C=O) groups excluding carboxylic acids is 2. The predicted molar refractivity (Wildman–Crippen MR) is 111 cm³/mol. The van der Waals surface area contributed by atoms with Crippen LogP contribution in [0.1, 0.15) is 68.0 Å². The van der Waals surface area contributed by atoms with Crippen LogP contribution in [0.15, 0.2) is 6.07 Å². The Morgan fingerprint density at radius 1 is 1.17 bits per heavy atom. The molecule has 0 aliphatic heterocycles. The zero-order valence-corrected chi connectivity index (χ0v) is 18.1. The van der Waals surface area contributed by atoms with Crippen molar-refractivity contribution in [3.8, 4) is 0 Å². The quantitative estimate of drug-likeness (QED) is 0.540. The fraction of sp³-hybridized carbons (Fsp3) is 0.700. The second kappa shape index (κ2) is 9.32. The van der Waals surface area contributed by atoms with E-state index in [1.807, 2.05) is 0 Å². The molecule has 0 bridgehead atoms. The molecular weight excluding hydrogens is 415 g/mol. The largest absolute Gasteiger partial charge is 0.499 e. The van der Waals surface area contributed by atoms with Gasteiger partial charge in [-0.1, -0.05) is 6.92 Å². The van der Waals surface area contributed by atoms with Crippen LogP contribution in [0.5, 0.6) is 0 Å². The molecule has 0 atom stereocenters. The van der Waals surface area contributed by atoms with Crippen molar-refractivity contribution < 1.29 is 33.2 Å². The molecule has 166 valence electrons. The van der Waals surface area contributed by atoms with Crippen LogP contribution in [0.2, 0.25) is 0 Å². The molecule has 0 radical (unpaired) electrons. The summed E-state index contributed by atoms with van der Waals surface area (Å²) in [4.78, 5) is 27.5. The number of alkyl halides is 2. The van der Waals surface area contributed by atoms with Gasteiger partial charge in [0.1, 0.15) is 4.88 Å². The summed E-state index contributed by atoms with van der Waals surface area (Å²) in [7, 11) is -0.605. The van der Waals surface area contributed by atoms with Gasteiger partial charge in [0.15, 0.2) is 0 Å². The van der Waals surface area contributed by atoms with Crippen LogP contribution in [0.4, 0.5) is 14.5 Å². The Labute approximate surface area is 179 Å². The molecule has 6 nitrogen and oxygen atoms in total. The number of carbonyl (C=O) groups is 2. The number of rotatable bonds is 5. The van der Waals surface area contributed by atoms with Crippen molar-refractivity contribution in [3.63, 3.8) is 0 Å². The number of ether oxygens (including phenoxy) is 1. The minimum atomic E-state index is -2.75. The first kappa shape index (κ1) is 23.2. The fourth-order valence-corrected chi connectivity index (χ4v) is 5.37. The molecule has 1 aromatic heterocycles. The summed E-state index contributed by atoms with van der Waals surface area (Å²) < 4.78 is 32.5. The van der Waals surface area contributed by atoms with Gasteiger partial charge in [-0.25, -0.2) is 13.6 Å². The molecule has 2 aliphatic rings. The van der Waals surface area contributed by atoms with E-state index in [-0.39, 0.29) is 52.8 Å². The zero-order valence-electron chi connectivity index (χ0n) is 17.3. The normalized spacial score (nSPS) is 24.3. The fourth-order valence-electron chi connectivity index (χ4n) is 4.43. The van der Waals surface area contributed by atoms with Crippen LogP contribution in [0.25, 0.3) is 0 Å². The van der Waals surface area contributed by atoms with Gasteiger partial charge in [-0.05, 0) is 50.5 Å². The Kier molecular flexibility index (Phi) is 7.19. The third kappa shape index (κ3) is 5.03. The SMILES string of the molecule is COC(=O)c1sc(B(O)O)cc1N(C(=O)C1CCC(C)CC1)C1CCC(F)(F)CC1. The highest BCUT2D eigenvalue weighted by atomic mass is 32.1. The zero-order chi connectivity index (χ0) is 22.1. The number of nitrogens with zero attached hydrogens (tertiary/aromatic N) is 1. The van der Waals surface area contributed by atoms with Crippen molar-refractivity contribution in [1.82, 2.24) is 0 Å². The number of amides is 1. The molecule has 10 heteroatoms. The van der Waals surface area contributed by atoms with Crippen LogP contribution in [-0.2, 0) is 9.53 Å². The molecule has 3 rings (SSSR count). The predicted octanol–water partition coefficient (Wildman–Crippen LogP) is 2.95. The van der Waals surface area contributed by atoms with Crippen molar-refractivity contribution in [1.29, 1.82) is 0 Å².